The van der Waals surface area contributed by atoms with Crippen LogP contribution in [0.3, 0.4) is 0 Å². The molecular formula is C15H23NO4S2. The number of sulfone groups is 1. The standard InChI is InChI=1S/C15H23NO4S2/c1-3-13-4-6-15(7-5-13)22(19,20)16-10-8-14(9-11-16)12-21(2,17)18/h4-7,14H,3,8-12H2,1-2H3. The number of rotatable bonds is 5. The highest BCUT2D eigenvalue weighted by Gasteiger charge is 2.30. The molecule has 0 aliphatic carbocycles. The van der Waals surface area contributed by atoms with E-state index in [-0.39, 0.29) is 11.7 Å². The average Bonchev–Trinajstić information content (AvgIpc) is 2.46. The number of hydrogen-bond acceptors (Lipinski definition) is 4. The Kier molecular flexibility index (Phi) is 5.29. The van der Waals surface area contributed by atoms with Crippen molar-refractivity contribution in [3.05, 3.63) is 29.8 Å². The zero-order valence-electron chi connectivity index (χ0n) is 13.0. The molecule has 0 N–H and O–H groups in total. The number of hydrogen-bond donors (Lipinski definition) is 0. The highest BCUT2D eigenvalue weighted by Crippen LogP contribution is 2.24. The maximum atomic E-state index is 12.6. The zero-order valence-corrected chi connectivity index (χ0v) is 14.7. The monoisotopic (exact) mass is 345 g/mol. The molecule has 0 atom stereocenters. The Morgan fingerprint density at radius 2 is 1.59 bits per heavy atom. The van der Waals surface area contributed by atoms with Gasteiger partial charge in [0.2, 0.25) is 10.0 Å². The van der Waals surface area contributed by atoms with Crippen molar-refractivity contribution in [2.75, 3.05) is 25.1 Å². The summed E-state index contributed by atoms with van der Waals surface area (Å²) in [5, 5.41) is 0. The van der Waals surface area contributed by atoms with Crippen LogP contribution in [-0.4, -0.2) is 46.2 Å². The molecule has 0 unspecified atom stereocenters. The normalized spacial score (nSPS) is 18.5. The van der Waals surface area contributed by atoms with Gasteiger partial charge in [-0.1, -0.05) is 19.1 Å². The minimum absolute atomic E-state index is 0.0592. The Labute approximate surface area is 133 Å². The molecule has 22 heavy (non-hydrogen) atoms. The largest absolute Gasteiger partial charge is 0.243 e. The molecule has 1 fully saturated rings. The van der Waals surface area contributed by atoms with E-state index in [1.54, 1.807) is 12.1 Å². The third kappa shape index (κ3) is 4.30. The van der Waals surface area contributed by atoms with Crippen molar-refractivity contribution in [2.24, 2.45) is 5.92 Å². The number of aryl methyl sites for hydroxylation is 1. The van der Waals surface area contributed by atoms with Gasteiger partial charge in [0.05, 0.1) is 10.6 Å². The zero-order chi connectivity index (χ0) is 16.4. The molecule has 2 rings (SSSR count). The van der Waals surface area contributed by atoms with Gasteiger partial charge in [0.25, 0.3) is 0 Å². The molecule has 0 saturated carbocycles. The van der Waals surface area contributed by atoms with Crippen molar-refractivity contribution < 1.29 is 16.8 Å². The summed E-state index contributed by atoms with van der Waals surface area (Å²) in [6.07, 6.45) is 3.29. The SMILES string of the molecule is CCc1ccc(S(=O)(=O)N2CCC(CS(C)(=O)=O)CC2)cc1. The van der Waals surface area contributed by atoms with Crippen molar-refractivity contribution >= 4 is 19.9 Å². The Balaban J connectivity index is 2.05. The second-order valence-corrected chi connectivity index (χ2v) is 10.1. The van der Waals surface area contributed by atoms with Gasteiger partial charge in [0.15, 0.2) is 0 Å². The number of benzene rings is 1. The molecule has 0 bridgehead atoms. The van der Waals surface area contributed by atoms with Gasteiger partial charge in [0, 0.05) is 19.3 Å². The van der Waals surface area contributed by atoms with Crippen molar-refractivity contribution in [3.8, 4) is 0 Å². The smallest absolute Gasteiger partial charge is 0.229 e. The minimum atomic E-state index is -3.47. The van der Waals surface area contributed by atoms with Gasteiger partial charge in [-0.3, -0.25) is 0 Å². The van der Waals surface area contributed by atoms with Crippen molar-refractivity contribution in [3.63, 3.8) is 0 Å². The topological polar surface area (TPSA) is 71.5 Å². The first-order valence-electron chi connectivity index (χ1n) is 7.49. The molecule has 0 radical (unpaired) electrons. The first-order chi connectivity index (χ1) is 10.2. The third-order valence-electron chi connectivity index (χ3n) is 4.08. The number of sulfonamides is 1. The molecule has 5 nitrogen and oxygen atoms in total. The fourth-order valence-electron chi connectivity index (χ4n) is 2.79. The molecule has 0 spiro atoms. The predicted octanol–water partition coefficient (Wildman–Crippen LogP) is 1.69. The predicted molar refractivity (Wildman–Crippen MR) is 87.0 cm³/mol. The molecule has 1 aliphatic heterocycles. The summed E-state index contributed by atoms with van der Waals surface area (Å²) in [5.41, 5.74) is 1.10. The van der Waals surface area contributed by atoms with Gasteiger partial charge < -0.3 is 0 Å². The Bertz CT molecular complexity index is 700. The van der Waals surface area contributed by atoms with Crippen LogP contribution in [0.25, 0.3) is 0 Å². The van der Waals surface area contributed by atoms with Crippen LogP contribution < -0.4 is 0 Å². The summed E-state index contributed by atoms with van der Waals surface area (Å²) < 4.78 is 49.3. The average molecular weight is 345 g/mol. The van der Waals surface area contributed by atoms with Gasteiger partial charge in [-0.05, 0) is 42.9 Å². The molecule has 124 valence electrons. The van der Waals surface area contributed by atoms with Crippen molar-refractivity contribution in [1.82, 2.24) is 4.31 Å². The van der Waals surface area contributed by atoms with E-state index in [4.69, 9.17) is 0 Å². The first-order valence-corrected chi connectivity index (χ1v) is 11.0. The highest BCUT2D eigenvalue weighted by molar-refractivity contribution is 7.90. The van der Waals surface area contributed by atoms with E-state index in [0.29, 0.717) is 30.8 Å². The van der Waals surface area contributed by atoms with E-state index >= 15 is 0 Å². The van der Waals surface area contributed by atoms with Crippen LogP contribution >= 0.6 is 0 Å². The highest BCUT2D eigenvalue weighted by atomic mass is 32.2. The van der Waals surface area contributed by atoms with Gasteiger partial charge in [-0.25, -0.2) is 16.8 Å². The Morgan fingerprint density at radius 1 is 1.05 bits per heavy atom. The van der Waals surface area contributed by atoms with Crippen LogP contribution in [0, 0.1) is 5.92 Å². The van der Waals surface area contributed by atoms with E-state index in [1.807, 2.05) is 19.1 Å². The van der Waals surface area contributed by atoms with Crippen LogP contribution in [0.15, 0.2) is 29.2 Å². The summed E-state index contributed by atoms with van der Waals surface area (Å²) in [7, 11) is -6.47. The Hall–Kier alpha value is -0.920. The van der Waals surface area contributed by atoms with E-state index in [1.165, 1.54) is 10.6 Å². The quantitative estimate of drug-likeness (QED) is 0.814. The van der Waals surface area contributed by atoms with Crippen LogP contribution in [0.2, 0.25) is 0 Å². The third-order valence-corrected chi connectivity index (χ3v) is 7.07. The van der Waals surface area contributed by atoms with E-state index in [2.05, 4.69) is 0 Å². The van der Waals surface area contributed by atoms with Gasteiger partial charge in [0.1, 0.15) is 9.84 Å². The lowest BCUT2D eigenvalue weighted by molar-refractivity contribution is 0.289. The minimum Gasteiger partial charge on any atom is -0.229 e. The maximum Gasteiger partial charge on any atom is 0.243 e. The lowest BCUT2D eigenvalue weighted by Gasteiger charge is -2.30. The molecule has 1 saturated heterocycles. The second-order valence-electron chi connectivity index (χ2n) is 5.94. The molecule has 7 heteroatoms. The van der Waals surface area contributed by atoms with Crippen molar-refractivity contribution in [2.45, 2.75) is 31.1 Å². The summed E-state index contributed by atoms with van der Waals surface area (Å²) >= 11 is 0. The molecule has 0 amide bonds. The van der Waals surface area contributed by atoms with Gasteiger partial charge >= 0.3 is 0 Å². The van der Waals surface area contributed by atoms with E-state index in [0.717, 1.165) is 12.0 Å². The van der Waals surface area contributed by atoms with Crippen molar-refractivity contribution in [1.29, 1.82) is 0 Å². The molecule has 1 heterocycles. The number of piperidine rings is 1. The summed E-state index contributed by atoms with van der Waals surface area (Å²) in [4.78, 5) is 0.311. The molecule has 1 aromatic carbocycles. The lowest BCUT2D eigenvalue weighted by Crippen LogP contribution is -2.39. The number of nitrogens with zero attached hydrogens (tertiary/aromatic N) is 1. The van der Waals surface area contributed by atoms with Crippen LogP contribution in [0.4, 0.5) is 0 Å². The molecule has 1 aliphatic rings. The summed E-state index contributed by atoms with van der Waals surface area (Å²) in [6, 6.07) is 6.97. The second kappa shape index (κ2) is 6.68. The van der Waals surface area contributed by atoms with Gasteiger partial charge in [-0.15, -0.1) is 0 Å². The molecular weight excluding hydrogens is 322 g/mol. The van der Waals surface area contributed by atoms with Crippen LogP contribution in [0.5, 0.6) is 0 Å². The first kappa shape index (κ1) is 17.4. The van der Waals surface area contributed by atoms with Gasteiger partial charge in [-0.2, -0.15) is 4.31 Å². The fourth-order valence-corrected chi connectivity index (χ4v) is 5.45. The lowest BCUT2D eigenvalue weighted by atomic mass is 10.0. The van der Waals surface area contributed by atoms with Crippen LogP contribution in [-0.2, 0) is 26.3 Å². The fraction of sp³-hybridized carbons (Fsp3) is 0.600. The molecule has 1 aromatic rings. The van der Waals surface area contributed by atoms with E-state index in [9.17, 15) is 16.8 Å². The Morgan fingerprint density at radius 3 is 2.05 bits per heavy atom. The van der Waals surface area contributed by atoms with E-state index < -0.39 is 19.9 Å². The summed E-state index contributed by atoms with van der Waals surface area (Å²) in [5.74, 6) is 0.204. The molecule has 0 aromatic heterocycles. The van der Waals surface area contributed by atoms with Crippen LogP contribution in [0.1, 0.15) is 25.3 Å². The maximum absolute atomic E-state index is 12.6. The summed E-state index contributed by atoms with van der Waals surface area (Å²) in [6.45, 7) is 2.80.